The molecule has 2 N–H and O–H groups in total. The van der Waals surface area contributed by atoms with Crippen LogP contribution in [0.3, 0.4) is 0 Å². The number of benzene rings is 1. The maximum Gasteiger partial charge on any atom is 0.255 e. The Balaban J connectivity index is 1.79. The van der Waals surface area contributed by atoms with E-state index in [1.165, 1.54) is 0 Å². The maximum absolute atomic E-state index is 13.3. The highest BCUT2D eigenvalue weighted by molar-refractivity contribution is 6.14. The van der Waals surface area contributed by atoms with Gasteiger partial charge >= 0.3 is 0 Å². The van der Waals surface area contributed by atoms with Crippen LogP contribution in [0.25, 0.3) is 0 Å². The van der Waals surface area contributed by atoms with E-state index in [-0.39, 0.29) is 23.4 Å². The van der Waals surface area contributed by atoms with Gasteiger partial charge in [-0.2, -0.15) is 0 Å². The number of hydrogen-bond acceptors (Lipinski definition) is 5. The molecule has 0 radical (unpaired) electrons. The second-order valence-electron chi connectivity index (χ2n) is 8.25. The SMILES string of the molecule is CC1=C(C(=O)Nc2cccc(C)n2)[C@@H](c2ccc(O)cc2)[C@@H]2C(=O)C[C@@H](C)CC2=N1. The van der Waals surface area contributed by atoms with E-state index in [0.717, 1.165) is 23.4 Å². The van der Waals surface area contributed by atoms with Gasteiger partial charge < -0.3 is 10.4 Å². The number of rotatable bonds is 3. The van der Waals surface area contributed by atoms with E-state index >= 15 is 0 Å². The first-order valence-corrected chi connectivity index (χ1v) is 10.2. The number of aromatic nitrogens is 1. The summed E-state index contributed by atoms with van der Waals surface area (Å²) in [6.45, 7) is 5.73. The van der Waals surface area contributed by atoms with Gasteiger partial charge in [0, 0.05) is 35.0 Å². The minimum absolute atomic E-state index is 0.108. The van der Waals surface area contributed by atoms with Crippen molar-refractivity contribution in [2.24, 2.45) is 16.8 Å². The van der Waals surface area contributed by atoms with E-state index in [4.69, 9.17) is 4.99 Å². The Kier molecular flexibility index (Phi) is 5.24. The average molecular weight is 403 g/mol. The van der Waals surface area contributed by atoms with Gasteiger partial charge in [0.1, 0.15) is 17.4 Å². The normalized spacial score (nSPS) is 23.6. The van der Waals surface area contributed by atoms with Gasteiger partial charge in [0.25, 0.3) is 5.91 Å². The molecule has 0 spiro atoms. The number of amides is 1. The van der Waals surface area contributed by atoms with E-state index < -0.39 is 11.8 Å². The number of hydrogen-bond donors (Lipinski definition) is 2. The smallest absolute Gasteiger partial charge is 0.255 e. The highest BCUT2D eigenvalue weighted by Crippen LogP contribution is 2.44. The fraction of sp³-hybridized carbons (Fsp3) is 0.333. The molecule has 4 rings (SSSR count). The third kappa shape index (κ3) is 3.77. The molecule has 154 valence electrons. The number of carbonyl (C=O) groups excluding carboxylic acids is 2. The Morgan fingerprint density at radius 3 is 2.50 bits per heavy atom. The van der Waals surface area contributed by atoms with Crippen molar-refractivity contribution < 1.29 is 14.7 Å². The van der Waals surface area contributed by atoms with Gasteiger partial charge in [-0.25, -0.2) is 4.98 Å². The minimum Gasteiger partial charge on any atom is -0.508 e. The van der Waals surface area contributed by atoms with Crippen molar-refractivity contribution in [1.82, 2.24) is 4.98 Å². The zero-order valence-electron chi connectivity index (χ0n) is 17.3. The number of aryl methyl sites for hydroxylation is 1. The number of fused-ring (bicyclic) bond motifs is 1. The van der Waals surface area contributed by atoms with Gasteiger partial charge in [-0.1, -0.05) is 25.1 Å². The summed E-state index contributed by atoms with van der Waals surface area (Å²) in [7, 11) is 0. The fourth-order valence-corrected chi connectivity index (χ4v) is 4.52. The summed E-state index contributed by atoms with van der Waals surface area (Å²) in [6, 6.07) is 12.2. The van der Waals surface area contributed by atoms with Crippen LogP contribution >= 0.6 is 0 Å². The number of allylic oxidation sites excluding steroid dienone is 1. The van der Waals surface area contributed by atoms with Gasteiger partial charge in [-0.05, 0) is 56.0 Å². The van der Waals surface area contributed by atoms with Gasteiger partial charge in [-0.15, -0.1) is 0 Å². The van der Waals surface area contributed by atoms with Crippen molar-refractivity contribution in [3.8, 4) is 5.75 Å². The molecule has 3 atom stereocenters. The predicted molar refractivity (Wildman–Crippen MR) is 115 cm³/mol. The molecular formula is C24H25N3O3. The number of ketones is 1. The molecule has 2 aliphatic rings. The molecule has 6 heteroatoms. The lowest BCUT2D eigenvalue weighted by Crippen LogP contribution is -2.41. The number of nitrogens with one attached hydrogen (secondary N) is 1. The van der Waals surface area contributed by atoms with Gasteiger partial charge in [0.15, 0.2) is 0 Å². The molecule has 1 aromatic heterocycles. The third-order valence-corrected chi connectivity index (χ3v) is 5.79. The first-order valence-electron chi connectivity index (χ1n) is 10.2. The van der Waals surface area contributed by atoms with E-state index in [0.29, 0.717) is 23.5 Å². The largest absolute Gasteiger partial charge is 0.508 e. The quantitative estimate of drug-likeness (QED) is 0.805. The number of carbonyl (C=O) groups is 2. The van der Waals surface area contributed by atoms with Crippen molar-refractivity contribution in [2.45, 2.75) is 39.5 Å². The molecule has 6 nitrogen and oxygen atoms in total. The fourth-order valence-electron chi connectivity index (χ4n) is 4.52. The van der Waals surface area contributed by atoms with E-state index in [1.54, 1.807) is 30.3 Å². The predicted octanol–water partition coefficient (Wildman–Crippen LogP) is 4.16. The van der Waals surface area contributed by atoms with Crippen LogP contribution in [0, 0.1) is 18.8 Å². The number of aliphatic imine (C=N–C) groups is 1. The van der Waals surface area contributed by atoms with Crippen LogP contribution in [0.5, 0.6) is 5.75 Å². The highest BCUT2D eigenvalue weighted by atomic mass is 16.3. The molecule has 1 aliphatic heterocycles. The van der Waals surface area contributed by atoms with Crippen molar-refractivity contribution in [2.75, 3.05) is 5.32 Å². The Hall–Kier alpha value is -3.28. The number of Topliss-reactive ketones (excluding diaryl/α,β-unsaturated/α-hetero) is 1. The number of anilines is 1. The van der Waals surface area contributed by atoms with Crippen LogP contribution in [0.2, 0.25) is 0 Å². The first kappa shape index (κ1) is 20.0. The molecule has 1 aliphatic carbocycles. The molecule has 0 bridgehead atoms. The number of pyridine rings is 1. The van der Waals surface area contributed by atoms with Gasteiger partial charge in [0.05, 0.1) is 5.92 Å². The Morgan fingerprint density at radius 1 is 1.07 bits per heavy atom. The van der Waals surface area contributed by atoms with Crippen molar-refractivity contribution >= 4 is 23.2 Å². The average Bonchev–Trinajstić information content (AvgIpc) is 2.67. The van der Waals surface area contributed by atoms with Crippen LogP contribution < -0.4 is 5.32 Å². The summed E-state index contributed by atoms with van der Waals surface area (Å²) in [5.41, 5.74) is 3.55. The summed E-state index contributed by atoms with van der Waals surface area (Å²) in [6.07, 6.45) is 1.22. The highest BCUT2D eigenvalue weighted by Gasteiger charge is 2.44. The summed E-state index contributed by atoms with van der Waals surface area (Å²) in [4.78, 5) is 35.5. The van der Waals surface area contributed by atoms with Crippen LogP contribution in [0.1, 0.15) is 43.9 Å². The monoisotopic (exact) mass is 403 g/mol. The van der Waals surface area contributed by atoms with Crippen molar-refractivity contribution in [1.29, 1.82) is 0 Å². The second kappa shape index (κ2) is 7.86. The van der Waals surface area contributed by atoms with Gasteiger partial charge in [-0.3, -0.25) is 14.6 Å². The van der Waals surface area contributed by atoms with E-state index in [9.17, 15) is 14.7 Å². The van der Waals surface area contributed by atoms with E-state index in [1.807, 2.05) is 26.0 Å². The number of phenolic OH excluding ortho intramolecular Hbond substituents is 1. The minimum atomic E-state index is -0.458. The van der Waals surface area contributed by atoms with Crippen LogP contribution in [-0.4, -0.2) is 27.5 Å². The standard InChI is InChI=1S/C24H25N3O3/c1-13-11-18-23(19(29)12-13)22(16-7-9-17(28)10-8-16)21(15(3)26-18)24(30)27-20-6-4-5-14(2)25-20/h4-10,13,22-23,28H,11-12H2,1-3H3,(H,25,27,30)/t13-,22+,23-/m0/s1. The molecule has 30 heavy (non-hydrogen) atoms. The summed E-state index contributed by atoms with van der Waals surface area (Å²) >= 11 is 0. The molecule has 2 heterocycles. The zero-order valence-corrected chi connectivity index (χ0v) is 17.3. The van der Waals surface area contributed by atoms with Crippen molar-refractivity contribution in [3.63, 3.8) is 0 Å². The molecule has 2 aromatic rings. The Bertz CT molecular complexity index is 1070. The van der Waals surface area contributed by atoms with Crippen LogP contribution in [0.15, 0.2) is 58.7 Å². The molecule has 1 saturated carbocycles. The lowest BCUT2D eigenvalue weighted by molar-refractivity contribution is -0.123. The molecule has 1 fully saturated rings. The van der Waals surface area contributed by atoms with Crippen LogP contribution in [0.4, 0.5) is 5.82 Å². The Labute approximate surface area is 175 Å². The second-order valence-corrected chi connectivity index (χ2v) is 8.25. The third-order valence-electron chi connectivity index (χ3n) is 5.79. The Morgan fingerprint density at radius 2 is 1.80 bits per heavy atom. The summed E-state index contributed by atoms with van der Waals surface area (Å²) in [5.74, 6) is -0.253. The number of nitrogens with zero attached hydrogens (tertiary/aromatic N) is 2. The number of phenols is 1. The summed E-state index contributed by atoms with van der Waals surface area (Å²) < 4.78 is 0. The molecular weight excluding hydrogens is 378 g/mol. The lowest BCUT2D eigenvalue weighted by atomic mass is 9.67. The maximum atomic E-state index is 13.3. The van der Waals surface area contributed by atoms with E-state index in [2.05, 4.69) is 17.2 Å². The van der Waals surface area contributed by atoms with Crippen molar-refractivity contribution in [3.05, 3.63) is 65.0 Å². The molecule has 0 unspecified atom stereocenters. The summed E-state index contributed by atoms with van der Waals surface area (Å²) in [5, 5.41) is 12.6. The number of aromatic hydroxyl groups is 1. The lowest BCUT2D eigenvalue weighted by Gasteiger charge is -2.37. The van der Waals surface area contributed by atoms with Gasteiger partial charge in [0.2, 0.25) is 0 Å². The molecule has 1 amide bonds. The first-order chi connectivity index (χ1) is 14.3. The molecule has 1 aromatic carbocycles. The zero-order chi connectivity index (χ0) is 21.4. The topological polar surface area (TPSA) is 91.6 Å². The van der Waals surface area contributed by atoms with Crippen LogP contribution in [-0.2, 0) is 9.59 Å². The molecule has 0 saturated heterocycles.